The first kappa shape index (κ1) is 26.2. The molecule has 0 fully saturated rings. The maximum absolute atomic E-state index is 12.6. The van der Waals surface area contributed by atoms with Crippen molar-refractivity contribution >= 4 is 40.1 Å². The van der Waals surface area contributed by atoms with Gasteiger partial charge in [0.1, 0.15) is 12.4 Å². The third kappa shape index (κ3) is 6.48. The molecule has 37 heavy (non-hydrogen) atoms. The second-order valence-corrected chi connectivity index (χ2v) is 9.34. The number of fused-ring (bicyclic) bond motifs is 1. The van der Waals surface area contributed by atoms with Gasteiger partial charge in [0.2, 0.25) is 5.91 Å². The molecule has 0 aliphatic carbocycles. The van der Waals surface area contributed by atoms with Crippen molar-refractivity contribution in [3.05, 3.63) is 77.6 Å². The predicted octanol–water partition coefficient (Wildman–Crippen LogP) is 5.64. The largest absolute Gasteiger partial charge is 0.485 e. The minimum absolute atomic E-state index is 0.146. The lowest BCUT2D eigenvalue weighted by Crippen LogP contribution is -2.15. The van der Waals surface area contributed by atoms with Crippen LogP contribution in [0.2, 0.25) is 0 Å². The molecular formula is C28H30N4O4S. The molecule has 0 radical (unpaired) electrons. The zero-order chi connectivity index (χ0) is 26.2. The van der Waals surface area contributed by atoms with Gasteiger partial charge in [-0.3, -0.25) is 4.79 Å². The van der Waals surface area contributed by atoms with Crippen LogP contribution in [0.3, 0.4) is 0 Å². The highest BCUT2D eigenvalue weighted by molar-refractivity contribution is 7.99. The summed E-state index contributed by atoms with van der Waals surface area (Å²) in [6.07, 6.45) is 0.749. The molecule has 0 aliphatic rings. The topological polar surface area (TPSA) is 95.3 Å². The van der Waals surface area contributed by atoms with Crippen LogP contribution in [0.1, 0.15) is 42.0 Å². The van der Waals surface area contributed by atoms with E-state index in [9.17, 15) is 9.59 Å². The lowest BCUT2D eigenvalue weighted by atomic mass is 10.0. The van der Waals surface area contributed by atoms with E-state index in [1.807, 2.05) is 49.6 Å². The molecule has 0 unspecified atom stereocenters. The van der Waals surface area contributed by atoms with Gasteiger partial charge in [0.05, 0.1) is 17.9 Å². The zero-order valence-corrected chi connectivity index (χ0v) is 22.0. The Hall–Kier alpha value is -3.85. The molecule has 0 bridgehead atoms. The highest BCUT2D eigenvalue weighted by Gasteiger charge is 2.15. The maximum atomic E-state index is 12.6. The van der Waals surface area contributed by atoms with Crippen molar-refractivity contribution in [2.45, 2.75) is 45.5 Å². The Morgan fingerprint density at radius 1 is 1.03 bits per heavy atom. The molecular weight excluding hydrogens is 488 g/mol. The molecule has 8 nitrogen and oxygen atoms in total. The predicted molar refractivity (Wildman–Crippen MR) is 145 cm³/mol. The first-order chi connectivity index (χ1) is 18.0. The molecule has 0 spiro atoms. The maximum Gasteiger partial charge on any atom is 0.338 e. The Kier molecular flexibility index (Phi) is 8.79. The van der Waals surface area contributed by atoms with Crippen LogP contribution >= 0.6 is 11.8 Å². The smallest absolute Gasteiger partial charge is 0.338 e. The lowest BCUT2D eigenvalue weighted by Gasteiger charge is -2.12. The van der Waals surface area contributed by atoms with Crippen LogP contribution in [-0.4, -0.2) is 39.0 Å². The number of nitrogens with zero attached hydrogens (tertiary/aromatic N) is 3. The number of nitrogens with one attached hydrogen (secondary N) is 1. The molecule has 1 amide bonds. The molecule has 0 saturated heterocycles. The summed E-state index contributed by atoms with van der Waals surface area (Å²) >= 11 is 1.30. The summed E-state index contributed by atoms with van der Waals surface area (Å²) in [6.45, 7) is 7.26. The number of carbonyl (C=O) groups excluding carboxylic acids is 2. The fourth-order valence-electron chi connectivity index (χ4n) is 3.89. The minimum Gasteiger partial charge on any atom is -0.485 e. The molecule has 1 heterocycles. The number of benzene rings is 3. The summed E-state index contributed by atoms with van der Waals surface area (Å²) in [5, 5.41) is 14.4. The van der Waals surface area contributed by atoms with Crippen molar-refractivity contribution in [3.63, 3.8) is 0 Å². The molecule has 9 heteroatoms. The SMILES string of the molecule is CCCOC(=O)c1cccc(NC(=O)CSc2nnc(COc3ccc4ccccc4c3C)n2CC)c1. The van der Waals surface area contributed by atoms with Crippen LogP contribution < -0.4 is 10.1 Å². The number of carbonyl (C=O) groups is 2. The van der Waals surface area contributed by atoms with Crippen LogP contribution in [0, 0.1) is 6.92 Å². The van der Waals surface area contributed by atoms with Crippen molar-refractivity contribution < 1.29 is 19.1 Å². The van der Waals surface area contributed by atoms with Crippen LogP contribution in [0.4, 0.5) is 5.69 Å². The van der Waals surface area contributed by atoms with E-state index in [0.717, 1.165) is 23.1 Å². The number of aryl methyl sites for hydroxylation is 1. The average molecular weight is 519 g/mol. The Bertz CT molecular complexity index is 1400. The average Bonchev–Trinajstić information content (AvgIpc) is 3.32. The summed E-state index contributed by atoms with van der Waals surface area (Å²) < 4.78 is 13.2. The van der Waals surface area contributed by atoms with Gasteiger partial charge in [-0.15, -0.1) is 10.2 Å². The number of ether oxygens (including phenoxy) is 2. The first-order valence-corrected chi connectivity index (χ1v) is 13.2. The number of anilines is 1. The lowest BCUT2D eigenvalue weighted by molar-refractivity contribution is -0.113. The van der Waals surface area contributed by atoms with Crippen LogP contribution in [0.15, 0.2) is 65.8 Å². The van der Waals surface area contributed by atoms with E-state index in [2.05, 4.69) is 27.6 Å². The van der Waals surface area contributed by atoms with Crippen molar-refractivity contribution in [3.8, 4) is 5.75 Å². The van der Waals surface area contributed by atoms with Crippen molar-refractivity contribution in [2.24, 2.45) is 0 Å². The van der Waals surface area contributed by atoms with E-state index >= 15 is 0 Å². The summed E-state index contributed by atoms with van der Waals surface area (Å²) in [6, 6.07) is 18.9. The number of rotatable bonds is 11. The second-order valence-electron chi connectivity index (χ2n) is 8.40. The number of amides is 1. The zero-order valence-electron chi connectivity index (χ0n) is 21.2. The van der Waals surface area contributed by atoms with Crippen LogP contribution in [0.25, 0.3) is 10.8 Å². The fraction of sp³-hybridized carbons (Fsp3) is 0.286. The van der Waals surface area contributed by atoms with Gasteiger partial charge in [-0.25, -0.2) is 4.79 Å². The molecule has 0 atom stereocenters. The Balaban J connectivity index is 1.35. The Morgan fingerprint density at radius 3 is 2.68 bits per heavy atom. The van der Waals surface area contributed by atoms with E-state index in [-0.39, 0.29) is 18.3 Å². The third-order valence-electron chi connectivity index (χ3n) is 5.77. The molecule has 192 valence electrons. The van der Waals surface area contributed by atoms with Gasteiger partial charge in [-0.2, -0.15) is 0 Å². The Labute approximate surface area is 220 Å². The van der Waals surface area contributed by atoms with E-state index in [0.29, 0.717) is 35.4 Å². The first-order valence-electron chi connectivity index (χ1n) is 12.2. The summed E-state index contributed by atoms with van der Waals surface area (Å²) in [5.41, 5.74) is 2.01. The number of hydrogen-bond donors (Lipinski definition) is 1. The third-order valence-corrected chi connectivity index (χ3v) is 6.73. The highest BCUT2D eigenvalue weighted by Crippen LogP contribution is 2.28. The van der Waals surface area contributed by atoms with E-state index in [1.54, 1.807) is 24.3 Å². The van der Waals surface area contributed by atoms with Crippen molar-refractivity contribution in [1.29, 1.82) is 0 Å². The molecule has 1 aromatic heterocycles. The fourth-order valence-corrected chi connectivity index (χ4v) is 4.71. The van der Waals surface area contributed by atoms with Gasteiger partial charge in [-0.1, -0.05) is 55.1 Å². The van der Waals surface area contributed by atoms with E-state index < -0.39 is 5.97 Å². The van der Waals surface area contributed by atoms with Crippen LogP contribution in [0.5, 0.6) is 5.75 Å². The van der Waals surface area contributed by atoms with Gasteiger partial charge in [0.15, 0.2) is 11.0 Å². The van der Waals surface area contributed by atoms with Gasteiger partial charge in [0, 0.05) is 12.2 Å². The van der Waals surface area contributed by atoms with E-state index in [1.165, 1.54) is 17.1 Å². The molecule has 4 rings (SSSR count). The number of thioether (sulfide) groups is 1. The van der Waals surface area contributed by atoms with Gasteiger partial charge in [-0.05, 0) is 60.9 Å². The van der Waals surface area contributed by atoms with Gasteiger partial charge < -0.3 is 19.4 Å². The normalized spacial score (nSPS) is 10.9. The van der Waals surface area contributed by atoms with Gasteiger partial charge >= 0.3 is 5.97 Å². The Morgan fingerprint density at radius 2 is 1.86 bits per heavy atom. The molecule has 0 aliphatic heterocycles. The molecule has 4 aromatic rings. The second kappa shape index (κ2) is 12.4. The molecule has 3 aromatic carbocycles. The van der Waals surface area contributed by atoms with Crippen molar-refractivity contribution in [1.82, 2.24) is 14.8 Å². The summed E-state index contributed by atoms with van der Waals surface area (Å²) in [7, 11) is 0. The number of hydrogen-bond acceptors (Lipinski definition) is 7. The van der Waals surface area contributed by atoms with E-state index in [4.69, 9.17) is 9.47 Å². The number of esters is 1. The van der Waals surface area contributed by atoms with Crippen LogP contribution in [-0.2, 0) is 22.7 Å². The molecule has 1 N–H and O–H groups in total. The quantitative estimate of drug-likeness (QED) is 0.203. The summed E-state index contributed by atoms with van der Waals surface area (Å²) in [5.74, 6) is 1.03. The standard InChI is InChI=1S/C28H30N4O4S/c1-4-15-35-27(34)21-10-8-11-22(16-21)29-26(33)18-37-28-31-30-25(32(28)5-2)17-36-24-14-13-20-9-6-7-12-23(20)19(24)3/h6-14,16H,4-5,15,17-18H2,1-3H3,(H,29,33). The van der Waals surface area contributed by atoms with Crippen molar-refractivity contribution in [2.75, 3.05) is 17.7 Å². The van der Waals surface area contributed by atoms with Gasteiger partial charge in [0.25, 0.3) is 0 Å². The summed E-state index contributed by atoms with van der Waals surface area (Å²) in [4.78, 5) is 24.6. The molecule has 0 saturated carbocycles. The highest BCUT2D eigenvalue weighted by atomic mass is 32.2. The monoisotopic (exact) mass is 518 g/mol. The number of aromatic nitrogens is 3. The minimum atomic E-state index is -0.406.